The molecule has 0 aliphatic heterocycles. The minimum absolute atomic E-state index is 0.00396. The van der Waals surface area contributed by atoms with Gasteiger partial charge < -0.3 is 24.6 Å². The summed E-state index contributed by atoms with van der Waals surface area (Å²) >= 11 is 3.01. The van der Waals surface area contributed by atoms with Gasteiger partial charge in [0.2, 0.25) is 0 Å². The van der Waals surface area contributed by atoms with Crippen molar-refractivity contribution in [2.75, 3.05) is 5.32 Å². The molecule has 0 unspecified atom stereocenters. The lowest BCUT2D eigenvalue weighted by Crippen LogP contribution is -2.13. The van der Waals surface area contributed by atoms with Crippen LogP contribution in [-0.2, 0) is 6.54 Å². The van der Waals surface area contributed by atoms with Crippen molar-refractivity contribution < 1.29 is 32.0 Å². The van der Waals surface area contributed by atoms with Gasteiger partial charge in [-0.3, -0.25) is 4.79 Å². The Morgan fingerprint density at radius 1 is 1.38 bits per heavy atom. The van der Waals surface area contributed by atoms with E-state index < -0.39 is 29.0 Å². The lowest BCUT2D eigenvalue weighted by Gasteiger charge is -2.11. The number of hydrogen-bond donors (Lipinski definition) is 1. The SMILES string of the molecule is O=C(Nc1ccc(F)cc1OC(F)F)c1ccc(Cn2cc(Br)c([N+](=O)[O-])n2)o1. The van der Waals surface area contributed by atoms with Crippen LogP contribution in [0.15, 0.2) is 45.4 Å². The number of aromatic nitrogens is 2. The summed E-state index contributed by atoms with van der Waals surface area (Å²) in [6.07, 6.45) is 1.37. The van der Waals surface area contributed by atoms with Gasteiger partial charge in [0.15, 0.2) is 11.5 Å². The van der Waals surface area contributed by atoms with Crippen molar-refractivity contribution in [2.45, 2.75) is 13.2 Å². The Balaban J connectivity index is 1.73. The molecule has 0 aliphatic rings. The van der Waals surface area contributed by atoms with Crippen LogP contribution in [0.4, 0.5) is 24.7 Å². The number of furan rings is 1. The third kappa shape index (κ3) is 4.93. The molecule has 1 aromatic carbocycles. The standard InChI is InChI=1S/C16H10BrF3N4O5/c17-10-7-23(22-14(10)24(26)27)6-9-2-4-12(28-9)15(25)21-11-3-1-8(18)5-13(11)29-16(19)20/h1-5,7,16H,6H2,(H,21,25). The summed E-state index contributed by atoms with van der Waals surface area (Å²) in [5.41, 5.74) is -0.179. The van der Waals surface area contributed by atoms with Gasteiger partial charge in [0.25, 0.3) is 5.91 Å². The lowest BCUT2D eigenvalue weighted by atomic mass is 10.2. The summed E-state index contributed by atoms with van der Waals surface area (Å²) in [5.74, 6) is -2.46. The number of carbonyl (C=O) groups excluding carboxylic acids is 1. The highest BCUT2D eigenvalue weighted by molar-refractivity contribution is 9.10. The van der Waals surface area contributed by atoms with E-state index in [0.717, 1.165) is 12.1 Å². The van der Waals surface area contributed by atoms with Crippen molar-refractivity contribution in [1.29, 1.82) is 0 Å². The van der Waals surface area contributed by atoms with Crippen LogP contribution < -0.4 is 10.1 Å². The van der Waals surface area contributed by atoms with Crippen molar-refractivity contribution in [1.82, 2.24) is 9.78 Å². The molecule has 152 valence electrons. The summed E-state index contributed by atoms with van der Waals surface area (Å²) in [5, 5.41) is 16.9. The van der Waals surface area contributed by atoms with Gasteiger partial charge in [0.05, 0.1) is 17.0 Å². The average molecular weight is 475 g/mol. The van der Waals surface area contributed by atoms with E-state index in [0.29, 0.717) is 6.07 Å². The fraction of sp³-hybridized carbons (Fsp3) is 0.125. The maximum Gasteiger partial charge on any atom is 0.404 e. The van der Waals surface area contributed by atoms with Gasteiger partial charge in [0.1, 0.15) is 22.6 Å². The highest BCUT2D eigenvalue weighted by atomic mass is 79.9. The van der Waals surface area contributed by atoms with Crippen molar-refractivity contribution in [2.24, 2.45) is 0 Å². The van der Waals surface area contributed by atoms with Crippen molar-refractivity contribution in [3.05, 3.63) is 68.5 Å². The number of rotatable bonds is 7. The van der Waals surface area contributed by atoms with Gasteiger partial charge in [-0.2, -0.15) is 13.5 Å². The molecule has 2 aromatic heterocycles. The first-order valence-corrected chi connectivity index (χ1v) is 8.54. The number of amides is 1. The van der Waals surface area contributed by atoms with Gasteiger partial charge >= 0.3 is 12.4 Å². The molecule has 0 bridgehead atoms. The van der Waals surface area contributed by atoms with E-state index in [2.05, 4.69) is 31.1 Å². The number of carbonyl (C=O) groups is 1. The number of nitro groups is 1. The fourth-order valence-corrected chi connectivity index (χ4v) is 2.77. The number of nitrogens with zero attached hydrogens (tertiary/aromatic N) is 3. The van der Waals surface area contributed by atoms with E-state index in [-0.39, 0.29) is 34.0 Å². The second-order valence-electron chi connectivity index (χ2n) is 5.49. The first-order chi connectivity index (χ1) is 13.7. The summed E-state index contributed by atoms with van der Waals surface area (Å²) in [7, 11) is 0. The molecule has 2 heterocycles. The Bertz CT molecular complexity index is 1070. The van der Waals surface area contributed by atoms with Crippen LogP contribution in [0.25, 0.3) is 0 Å². The van der Waals surface area contributed by atoms with E-state index in [1.807, 2.05) is 0 Å². The molecule has 0 spiro atoms. The molecule has 0 saturated heterocycles. The second kappa shape index (κ2) is 8.34. The summed E-state index contributed by atoms with van der Waals surface area (Å²) in [4.78, 5) is 22.4. The topological polar surface area (TPSA) is 112 Å². The van der Waals surface area contributed by atoms with Crippen molar-refractivity contribution in [3.8, 4) is 5.75 Å². The molecule has 1 amide bonds. The van der Waals surface area contributed by atoms with E-state index in [4.69, 9.17) is 4.42 Å². The second-order valence-corrected chi connectivity index (χ2v) is 6.35. The molecule has 13 heteroatoms. The van der Waals surface area contributed by atoms with Gasteiger partial charge in [-0.05, 0) is 45.1 Å². The molecule has 9 nitrogen and oxygen atoms in total. The van der Waals surface area contributed by atoms with Crippen LogP contribution in [0, 0.1) is 15.9 Å². The zero-order valence-electron chi connectivity index (χ0n) is 14.1. The molecule has 3 rings (SSSR count). The monoisotopic (exact) mass is 474 g/mol. The Labute approximate surface area is 168 Å². The predicted molar refractivity (Wildman–Crippen MR) is 95.4 cm³/mol. The van der Waals surface area contributed by atoms with E-state index in [1.54, 1.807) is 0 Å². The Hall–Kier alpha value is -3.35. The first-order valence-electron chi connectivity index (χ1n) is 7.74. The van der Waals surface area contributed by atoms with Crippen LogP contribution >= 0.6 is 15.9 Å². The molecule has 29 heavy (non-hydrogen) atoms. The van der Waals surface area contributed by atoms with Crippen LogP contribution in [0.3, 0.4) is 0 Å². The number of benzene rings is 1. The molecule has 0 aliphatic carbocycles. The molecule has 3 aromatic rings. The van der Waals surface area contributed by atoms with E-state index >= 15 is 0 Å². The molecule has 0 radical (unpaired) electrons. The zero-order valence-corrected chi connectivity index (χ0v) is 15.7. The summed E-state index contributed by atoms with van der Waals surface area (Å²) < 4.78 is 49.1. The fourth-order valence-electron chi connectivity index (χ4n) is 2.31. The van der Waals surface area contributed by atoms with Gasteiger partial charge in [-0.1, -0.05) is 0 Å². The Kier molecular flexibility index (Phi) is 5.87. The molecule has 0 fully saturated rings. The maximum atomic E-state index is 13.2. The molecular weight excluding hydrogens is 465 g/mol. The Morgan fingerprint density at radius 3 is 2.79 bits per heavy atom. The predicted octanol–water partition coefficient (Wildman–Crippen LogP) is 4.19. The van der Waals surface area contributed by atoms with Crippen LogP contribution in [0.2, 0.25) is 0 Å². The van der Waals surface area contributed by atoms with Crippen LogP contribution in [0.1, 0.15) is 16.3 Å². The normalized spacial score (nSPS) is 10.9. The molecule has 0 atom stereocenters. The highest BCUT2D eigenvalue weighted by Crippen LogP contribution is 2.28. The number of ether oxygens (including phenoxy) is 1. The number of hydrogen-bond acceptors (Lipinski definition) is 6. The lowest BCUT2D eigenvalue weighted by molar-refractivity contribution is -0.390. The van der Waals surface area contributed by atoms with Gasteiger partial charge in [-0.25, -0.2) is 4.39 Å². The van der Waals surface area contributed by atoms with Crippen LogP contribution in [0.5, 0.6) is 5.75 Å². The summed E-state index contributed by atoms with van der Waals surface area (Å²) in [6, 6.07) is 5.49. The molecule has 0 saturated carbocycles. The van der Waals surface area contributed by atoms with Crippen LogP contribution in [-0.4, -0.2) is 27.2 Å². The van der Waals surface area contributed by atoms with E-state index in [1.165, 1.54) is 23.0 Å². The smallest absolute Gasteiger partial charge is 0.404 e. The maximum absolute atomic E-state index is 13.2. The summed E-state index contributed by atoms with van der Waals surface area (Å²) in [6.45, 7) is -3.21. The average Bonchev–Trinajstić information content (AvgIpc) is 3.23. The minimum Gasteiger partial charge on any atom is -0.454 e. The third-order valence-electron chi connectivity index (χ3n) is 3.48. The highest BCUT2D eigenvalue weighted by Gasteiger charge is 2.20. The molecule has 1 N–H and O–H groups in total. The quantitative estimate of drug-likeness (QED) is 0.405. The van der Waals surface area contributed by atoms with Crippen molar-refractivity contribution in [3.63, 3.8) is 0 Å². The molecular formula is C16H10BrF3N4O5. The zero-order chi connectivity index (χ0) is 21.1. The number of nitrogens with one attached hydrogen (secondary N) is 1. The van der Waals surface area contributed by atoms with E-state index in [9.17, 15) is 28.1 Å². The largest absolute Gasteiger partial charge is 0.454 e. The number of halogens is 4. The van der Waals surface area contributed by atoms with Crippen molar-refractivity contribution >= 4 is 33.3 Å². The Morgan fingerprint density at radius 2 is 2.14 bits per heavy atom. The number of alkyl halides is 2. The third-order valence-corrected chi connectivity index (χ3v) is 4.04. The van der Waals surface area contributed by atoms with Gasteiger partial charge in [0, 0.05) is 6.07 Å². The first kappa shape index (κ1) is 20.4. The van der Waals surface area contributed by atoms with Gasteiger partial charge in [-0.15, -0.1) is 0 Å². The minimum atomic E-state index is -3.21. The number of anilines is 1.